The summed E-state index contributed by atoms with van der Waals surface area (Å²) >= 11 is 0. The number of furan rings is 1. The number of rotatable bonds is 9. The van der Waals surface area contributed by atoms with Crippen LogP contribution in [-0.2, 0) is 26.5 Å². The van der Waals surface area contributed by atoms with Gasteiger partial charge < -0.3 is 14.0 Å². The normalized spacial score (nSPS) is 13.8. The molecule has 0 fully saturated rings. The first-order valence-corrected chi connectivity index (χ1v) is 24.9. The Kier molecular flexibility index (Phi) is 11.0. The van der Waals surface area contributed by atoms with Gasteiger partial charge in [0.2, 0.25) is 5.71 Å². The molecular formula is C56H58IrN4OSi-2. The molecule has 0 saturated heterocycles. The molecule has 0 aliphatic carbocycles. The molecule has 5 nitrogen and oxygen atoms in total. The van der Waals surface area contributed by atoms with Gasteiger partial charge in [-0.1, -0.05) is 128 Å². The Morgan fingerprint density at radius 2 is 1.51 bits per heavy atom. The number of nitrogens with zero attached hydrogens (tertiary/aromatic N) is 4. The van der Waals surface area contributed by atoms with E-state index in [1.165, 1.54) is 34.0 Å². The second-order valence-electron chi connectivity index (χ2n) is 18.0. The number of aryl methyl sites for hydroxylation is 1. The van der Waals surface area contributed by atoms with Crippen LogP contribution in [0.4, 0.5) is 0 Å². The molecule has 0 spiro atoms. The Bertz CT molecular complexity index is 3320. The summed E-state index contributed by atoms with van der Waals surface area (Å²) in [7, 11) is -1.87. The van der Waals surface area contributed by atoms with E-state index in [0.29, 0.717) is 34.4 Å². The zero-order valence-electron chi connectivity index (χ0n) is 44.7. The number of hydrogen-bond acceptors (Lipinski definition) is 4. The maximum Gasteiger partial charge on any atom is 0.216 e. The second-order valence-corrected chi connectivity index (χ2v) is 23.0. The molecule has 0 amide bonds. The van der Waals surface area contributed by atoms with E-state index in [9.17, 15) is 0 Å². The van der Waals surface area contributed by atoms with E-state index in [2.05, 4.69) is 153 Å². The average Bonchev–Trinajstić information content (AvgIpc) is 3.85. The maximum absolute atomic E-state index is 8.60. The number of imidazole rings is 1. The number of para-hydroxylation sites is 2. The van der Waals surface area contributed by atoms with Gasteiger partial charge in [-0.15, -0.1) is 59.1 Å². The van der Waals surface area contributed by atoms with Crippen LogP contribution in [0.1, 0.15) is 90.9 Å². The SMILES string of the molecule is Cc1ccc2c(n1)oc1c[c-]c(-c3nc4ccccc4n3-c3c(C(C)C)cc(-c4ccccc4)cc3C(C)C)cc12.[2H]c1[c-]c(-c2cc(C([2H])([2H])C(C)C)c([Si](C)(C)C)cn2)cc([2H])c1C([2H])([2H])[2H].[Ir]. The van der Waals surface area contributed by atoms with Crippen LogP contribution in [0.2, 0.25) is 19.6 Å². The Hall–Kier alpha value is -5.46. The van der Waals surface area contributed by atoms with Crippen molar-refractivity contribution in [3.8, 4) is 39.5 Å². The van der Waals surface area contributed by atoms with Gasteiger partial charge in [-0.05, 0) is 101 Å². The van der Waals surface area contributed by atoms with E-state index in [-0.39, 0.29) is 43.7 Å². The number of hydrogen-bond donors (Lipinski definition) is 0. The fraction of sp³-hybridized carbons (Fsp3) is 0.268. The predicted octanol–water partition coefficient (Wildman–Crippen LogP) is 14.6. The molecule has 0 bridgehead atoms. The van der Waals surface area contributed by atoms with E-state index < -0.39 is 21.3 Å². The molecule has 4 aromatic heterocycles. The topological polar surface area (TPSA) is 56.7 Å². The van der Waals surface area contributed by atoms with Crippen LogP contribution in [0, 0.1) is 31.8 Å². The monoisotopic (exact) mass is 1030 g/mol. The van der Waals surface area contributed by atoms with Crippen LogP contribution in [0.5, 0.6) is 0 Å². The van der Waals surface area contributed by atoms with Crippen molar-refractivity contribution < 1.29 is 34.1 Å². The molecule has 7 heteroatoms. The first-order valence-electron chi connectivity index (χ1n) is 24.9. The zero-order valence-corrected chi connectivity index (χ0v) is 41.0. The van der Waals surface area contributed by atoms with Crippen molar-refractivity contribution in [2.24, 2.45) is 5.92 Å². The van der Waals surface area contributed by atoms with Crippen LogP contribution < -0.4 is 5.19 Å². The van der Waals surface area contributed by atoms with Gasteiger partial charge in [-0.3, -0.25) is 4.98 Å². The van der Waals surface area contributed by atoms with E-state index >= 15 is 0 Å². The minimum Gasteiger partial charge on any atom is -0.486 e. The van der Waals surface area contributed by atoms with Gasteiger partial charge in [0.15, 0.2) is 0 Å². The third kappa shape index (κ3) is 9.57. The first kappa shape index (κ1) is 37.0. The molecule has 9 aromatic rings. The van der Waals surface area contributed by atoms with Crippen molar-refractivity contribution >= 4 is 46.4 Å². The summed E-state index contributed by atoms with van der Waals surface area (Å²) in [5.74, 6) is 1.23. The Morgan fingerprint density at radius 3 is 2.17 bits per heavy atom. The van der Waals surface area contributed by atoms with Crippen molar-refractivity contribution in [1.82, 2.24) is 19.5 Å². The number of aromatic nitrogens is 4. The fourth-order valence-corrected chi connectivity index (χ4v) is 9.39. The van der Waals surface area contributed by atoms with Crippen molar-refractivity contribution in [2.75, 3.05) is 0 Å². The Morgan fingerprint density at radius 1 is 0.794 bits per heavy atom. The van der Waals surface area contributed by atoms with E-state index in [1.54, 1.807) is 12.3 Å². The van der Waals surface area contributed by atoms with Gasteiger partial charge in [0.05, 0.1) is 30.5 Å². The van der Waals surface area contributed by atoms with Crippen molar-refractivity contribution in [3.05, 3.63) is 161 Å². The summed E-state index contributed by atoms with van der Waals surface area (Å²) in [4.78, 5) is 14.3. The number of benzene rings is 5. The minimum atomic E-state index is -2.56. The molecule has 4 heterocycles. The molecule has 0 N–H and O–H groups in total. The third-order valence-electron chi connectivity index (χ3n) is 11.1. The fourth-order valence-electron chi connectivity index (χ4n) is 7.99. The summed E-state index contributed by atoms with van der Waals surface area (Å²) < 4.78 is 64.2. The van der Waals surface area contributed by atoms with Crippen molar-refractivity contribution in [3.63, 3.8) is 0 Å². The van der Waals surface area contributed by atoms with Crippen LogP contribution >= 0.6 is 0 Å². The van der Waals surface area contributed by atoms with Crippen LogP contribution in [0.3, 0.4) is 0 Å². The molecule has 9 rings (SSSR count). The van der Waals surface area contributed by atoms with Gasteiger partial charge in [0, 0.05) is 52.7 Å². The van der Waals surface area contributed by atoms with Crippen molar-refractivity contribution in [2.45, 2.75) is 93.2 Å². The molecule has 323 valence electrons. The molecular weight excluding hydrogens is 965 g/mol. The van der Waals surface area contributed by atoms with Crippen LogP contribution in [0.25, 0.3) is 72.6 Å². The summed E-state index contributed by atoms with van der Waals surface area (Å²) in [5.41, 5.74) is 12.6. The Balaban J connectivity index is 0.000000220. The maximum atomic E-state index is 8.60. The van der Waals surface area contributed by atoms with Gasteiger partial charge in [-0.2, -0.15) is 0 Å². The molecule has 0 saturated carbocycles. The van der Waals surface area contributed by atoms with Crippen molar-refractivity contribution in [1.29, 1.82) is 0 Å². The summed E-state index contributed by atoms with van der Waals surface area (Å²) in [6.45, 7) is 18.6. The second kappa shape index (κ2) is 18.7. The predicted molar refractivity (Wildman–Crippen MR) is 264 cm³/mol. The van der Waals surface area contributed by atoms with E-state index in [4.69, 9.17) is 19.0 Å². The largest absolute Gasteiger partial charge is 0.486 e. The van der Waals surface area contributed by atoms with Gasteiger partial charge in [-0.25, -0.2) is 4.98 Å². The van der Waals surface area contributed by atoms with Crippen LogP contribution in [0.15, 0.2) is 126 Å². The molecule has 63 heavy (non-hydrogen) atoms. The molecule has 0 unspecified atom stereocenters. The molecule has 5 aromatic carbocycles. The minimum absolute atomic E-state index is 0. The average molecular weight is 1030 g/mol. The summed E-state index contributed by atoms with van der Waals surface area (Å²) in [6, 6.07) is 40.6. The van der Waals surface area contributed by atoms with Gasteiger partial charge >= 0.3 is 0 Å². The quantitative estimate of drug-likeness (QED) is 0.107. The molecule has 0 aliphatic rings. The molecule has 1 radical (unpaired) electrons. The number of fused-ring (bicyclic) bond motifs is 4. The Labute approximate surface area is 398 Å². The van der Waals surface area contributed by atoms with Crippen LogP contribution in [-0.4, -0.2) is 27.6 Å². The zero-order chi connectivity index (χ0) is 49.9. The summed E-state index contributed by atoms with van der Waals surface area (Å²) in [5, 5.41) is 2.94. The molecule has 0 atom stereocenters. The smallest absolute Gasteiger partial charge is 0.216 e. The van der Waals surface area contributed by atoms with E-state index in [0.717, 1.165) is 49.7 Å². The first-order chi connectivity index (χ1) is 32.4. The van der Waals surface area contributed by atoms with Gasteiger partial charge in [0.25, 0.3) is 0 Å². The standard InChI is InChI=1S/C37H32N3O.C19H26NSi.Ir/c1-22(2)29-20-27(25-11-7-6-8-12-25)21-30(23(3)4)35(29)40-33-14-10-9-13-32(33)39-36(40)26-16-18-34-31(19-26)28-17-15-24(5)38-37(28)41-34;1-14(2)11-17-12-18(16-9-7-15(3)8-10-16)20-13-19(17)21(4,5)6;/h6-15,17-23H,1-5H3;7-9,12-14H,11H2,1-6H3;/q2*-1;/i;3D3,7D,8D,11D2;. The summed E-state index contributed by atoms with van der Waals surface area (Å²) in [6.07, 6.45) is 0.120. The third-order valence-corrected chi connectivity index (χ3v) is 13.1. The van der Waals surface area contributed by atoms with Gasteiger partial charge in [0.1, 0.15) is 0 Å². The number of pyridine rings is 2. The molecule has 0 aliphatic heterocycles. The van der Waals surface area contributed by atoms with E-state index in [1.807, 2.05) is 32.9 Å².